The number of aliphatic hydroxyl groups excluding tert-OH is 6. The maximum atomic E-state index is 12.0. The molecular weight excluding hydrogens is 567 g/mol. The van der Waals surface area contributed by atoms with Gasteiger partial charge < -0.3 is 64.2 Å². The minimum atomic E-state index is -1.60. The fourth-order valence-electron chi connectivity index (χ4n) is 6.61. The average molecular weight is 615 g/mol. The molecule has 2 saturated heterocycles. The van der Waals surface area contributed by atoms with E-state index >= 15 is 0 Å². The van der Waals surface area contributed by atoms with E-state index in [1.807, 2.05) is 6.92 Å². The Labute approximate surface area is 268 Å². The topological polar surface area (TPSA) is 208 Å². The van der Waals surface area contributed by atoms with Crippen molar-refractivity contribution in [3.63, 3.8) is 0 Å². The molecule has 0 radical (unpaired) electrons. The molecule has 1 unspecified atom stereocenters. The number of carboxylic acids is 1. The number of aliphatic hydroxyl groups is 6. The Morgan fingerprint density at radius 2 is 1.48 bits per heavy atom. The molecule has 4 fully saturated rings. The zero-order chi connectivity index (χ0) is 29.8. The minimum absolute atomic E-state index is 0. The molecule has 0 amide bonds. The minimum Gasteiger partial charge on any atom is -0.547 e. The second-order valence-electron chi connectivity index (χ2n) is 12.2. The van der Waals surface area contributed by atoms with Crippen molar-refractivity contribution in [2.24, 2.45) is 11.8 Å². The Bertz CT molecular complexity index is 832. The predicted molar refractivity (Wildman–Crippen MR) is 138 cm³/mol. The molecule has 14 atom stereocenters. The van der Waals surface area contributed by atoms with Gasteiger partial charge in [0.1, 0.15) is 42.7 Å². The summed E-state index contributed by atoms with van der Waals surface area (Å²) < 4.78 is 29.4. The van der Waals surface area contributed by atoms with Crippen molar-refractivity contribution in [3.8, 4) is 0 Å². The van der Waals surface area contributed by atoms with Gasteiger partial charge in [-0.2, -0.15) is 0 Å². The number of carbonyl (C=O) groups excluding carboxylic acids is 1. The van der Waals surface area contributed by atoms with Crippen molar-refractivity contribution in [3.05, 3.63) is 0 Å². The summed E-state index contributed by atoms with van der Waals surface area (Å²) >= 11 is 0. The second kappa shape index (κ2) is 16.5. The maximum Gasteiger partial charge on any atom is 1.00 e. The van der Waals surface area contributed by atoms with Crippen LogP contribution in [-0.2, 0) is 28.5 Å². The summed E-state index contributed by atoms with van der Waals surface area (Å²) in [5, 5.41) is 74.6. The van der Waals surface area contributed by atoms with Crippen molar-refractivity contribution in [2.45, 2.75) is 151 Å². The van der Waals surface area contributed by atoms with E-state index in [-0.39, 0.29) is 47.8 Å². The van der Waals surface area contributed by atoms with Crippen LogP contribution in [0.15, 0.2) is 0 Å². The Balaban J connectivity index is 0.00000484. The third-order valence-corrected chi connectivity index (χ3v) is 9.16. The Morgan fingerprint density at radius 3 is 2.12 bits per heavy atom. The molecule has 42 heavy (non-hydrogen) atoms. The van der Waals surface area contributed by atoms with Gasteiger partial charge in [-0.15, -0.1) is 0 Å². The normalized spacial score (nSPS) is 44.2. The number of rotatable bonds is 10. The molecule has 4 aliphatic rings. The zero-order valence-electron chi connectivity index (χ0n) is 24.8. The molecule has 4 rings (SSSR count). The first-order valence-corrected chi connectivity index (χ1v) is 15.0. The molecule has 0 spiro atoms. The van der Waals surface area contributed by atoms with Crippen LogP contribution in [-0.4, -0.2) is 123 Å². The molecule has 2 aliphatic carbocycles. The summed E-state index contributed by atoms with van der Waals surface area (Å²) in [5.74, 6) is -1.40. The second-order valence-corrected chi connectivity index (χ2v) is 12.2. The SMILES string of the molecule is CC1CCC[C@@H](O[C@@H]2O[C@H](CO)[C@H](O)[C@H](O[C@@H](CC3CCCCC3)C(=O)[O-])[C@H]2O)[C@@H]1O[C@@H]1O[C@@H](C)[C@@H](O)[C@@H](O)[C@@H]1O.[Na+]. The van der Waals surface area contributed by atoms with Crippen LogP contribution in [0.25, 0.3) is 0 Å². The van der Waals surface area contributed by atoms with E-state index < -0.39 is 92.3 Å². The summed E-state index contributed by atoms with van der Waals surface area (Å²) in [6, 6.07) is 0. The van der Waals surface area contributed by atoms with Crippen molar-refractivity contribution in [1.82, 2.24) is 0 Å². The number of hydrogen-bond acceptors (Lipinski definition) is 13. The van der Waals surface area contributed by atoms with Gasteiger partial charge in [-0.3, -0.25) is 0 Å². The molecule has 13 nitrogen and oxygen atoms in total. The van der Waals surface area contributed by atoms with Crippen LogP contribution < -0.4 is 34.7 Å². The van der Waals surface area contributed by atoms with Crippen LogP contribution in [0, 0.1) is 11.8 Å². The fourth-order valence-corrected chi connectivity index (χ4v) is 6.61. The van der Waals surface area contributed by atoms with Crippen LogP contribution in [0.5, 0.6) is 0 Å². The number of hydrogen-bond donors (Lipinski definition) is 6. The third kappa shape index (κ3) is 8.64. The summed E-state index contributed by atoms with van der Waals surface area (Å²) in [6.45, 7) is 2.84. The third-order valence-electron chi connectivity index (χ3n) is 9.16. The molecule has 0 aromatic heterocycles. The van der Waals surface area contributed by atoms with Gasteiger partial charge >= 0.3 is 29.6 Å². The first-order valence-electron chi connectivity index (χ1n) is 15.0. The van der Waals surface area contributed by atoms with E-state index in [4.69, 9.17) is 23.7 Å². The van der Waals surface area contributed by atoms with Crippen molar-refractivity contribution in [2.75, 3.05) is 6.61 Å². The average Bonchev–Trinajstić information content (AvgIpc) is 2.95. The van der Waals surface area contributed by atoms with E-state index in [9.17, 15) is 40.5 Å². The quantitative estimate of drug-likeness (QED) is 0.128. The van der Waals surface area contributed by atoms with Crippen LogP contribution in [0.4, 0.5) is 0 Å². The van der Waals surface area contributed by atoms with Gasteiger partial charge in [-0.1, -0.05) is 45.4 Å². The number of aliphatic carboxylic acids is 1. The molecule has 2 aliphatic heterocycles. The van der Waals surface area contributed by atoms with Crippen LogP contribution >= 0.6 is 0 Å². The molecule has 0 aromatic rings. The predicted octanol–water partition coefficient (Wildman–Crippen LogP) is -4.68. The standard InChI is InChI=1S/C28H48O13.Na/c1-13-7-6-10-16(24(13)41-27-22(33)21(32)19(30)14(2)37-27)39-28-23(34)25(20(31)18(12-29)40-28)38-17(26(35)36)11-15-8-4-3-5-9-15;/h13-25,27-34H,3-12H2,1-2H3,(H,35,36);/q;+1/p-1/t13?,14-,16+,17-,18+,19+,20-,21+,22-,23+,24+,25-,27-,28+;/m0./s1. The van der Waals surface area contributed by atoms with Gasteiger partial charge in [0, 0.05) is 0 Å². The van der Waals surface area contributed by atoms with Crippen LogP contribution in [0.3, 0.4) is 0 Å². The first-order chi connectivity index (χ1) is 19.5. The largest absolute Gasteiger partial charge is 1.00 e. The summed E-state index contributed by atoms with van der Waals surface area (Å²) in [7, 11) is 0. The van der Waals surface area contributed by atoms with Gasteiger partial charge in [0.2, 0.25) is 0 Å². The number of ether oxygens (including phenoxy) is 5. The van der Waals surface area contributed by atoms with E-state index in [2.05, 4.69) is 0 Å². The van der Waals surface area contributed by atoms with Crippen molar-refractivity contribution in [1.29, 1.82) is 0 Å². The first kappa shape index (κ1) is 36.5. The van der Waals surface area contributed by atoms with Gasteiger partial charge in [0.15, 0.2) is 12.6 Å². The Kier molecular flexibility index (Phi) is 14.4. The van der Waals surface area contributed by atoms with Crippen molar-refractivity contribution < 1.29 is 93.8 Å². The van der Waals surface area contributed by atoms with Crippen LogP contribution in [0.1, 0.15) is 71.6 Å². The molecule has 2 heterocycles. The molecule has 14 heteroatoms. The van der Waals surface area contributed by atoms with Crippen LogP contribution in [0.2, 0.25) is 0 Å². The van der Waals surface area contributed by atoms with Gasteiger partial charge in [-0.25, -0.2) is 0 Å². The Hall–Kier alpha value is 0.0300. The smallest absolute Gasteiger partial charge is 0.547 e. The fraction of sp³-hybridized carbons (Fsp3) is 0.964. The van der Waals surface area contributed by atoms with Crippen molar-refractivity contribution >= 4 is 5.97 Å². The van der Waals surface area contributed by atoms with E-state index in [0.717, 1.165) is 44.9 Å². The maximum absolute atomic E-state index is 12.0. The Morgan fingerprint density at radius 1 is 0.810 bits per heavy atom. The molecule has 6 N–H and O–H groups in total. The molecule has 238 valence electrons. The monoisotopic (exact) mass is 614 g/mol. The zero-order valence-corrected chi connectivity index (χ0v) is 26.8. The van der Waals surface area contributed by atoms with Gasteiger partial charge in [0.25, 0.3) is 0 Å². The number of carbonyl (C=O) groups is 1. The van der Waals surface area contributed by atoms with Gasteiger partial charge in [-0.05, 0) is 38.0 Å². The van der Waals surface area contributed by atoms with E-state index in [1.54, 1.807) is 6.92 Å². The molecule has 0 bridgehead atoms. The molecule has 2 saturated carbocycles. The van der Waals surface area contributed by atoms with E-state index in [0.29, 0.717) is 6.42 Å². The summed E-state index contributed by atoms with van der Waals surface area (Å²) in [4.78, 5) is 12.0. The van der Waals surface area contributed by atoms with E-state index in [1.165, 1.54) is 0 Å². The molecular formula is C28H47NaO13. The molecule has 0 aromatic carbocycles. The summed E-state index contributed by atoms with van der Waals surface area (Å²) in [6.07, 6.45) is -9.21. The number of carboxylic acid groups (broad SMARTS) is 1. The summed E-state index contributed by atoms with van der Waals surface area (Å²) in [5.41, 5.74) is 0. The van der Waals surface area contributed by atoms with Gasteiger partial charge in [0.05, 0.1) is 37.0 Å².